The summed E-state index contributed by atoms with van der Waals surface area (Å²) < 4.78 is -0.183. The van der Waals surface area contributed by atoms with Crippen molar-refractivity contribution in [2.75, 3.05) is 6.61 Å². The molecule has 1 nitrogen and oxygen atoms in total. The first kappa shape index (κ1) is 15.3. The standard InChI is InChI=1S/C8H9ClO.Br3P/c9-8-3-1-7(2-4-8)5-6-10;1-4(2)3/h1-4,10H,5-6H2;. The highest BCUT2D eigenvalue weighted by molar-refractivity contribution is 9.93. The second-order valence-electron chi connectivity index (χ2n) is 2.29. The van der Waals surface area contributed by atoms with Crippen molar-refractivity contribution in [3.05, 3.63) is 34.9 Å². The Hall–Kier alpha value is 1.34. The molecular weight excluding hydrogens is 418 g/mol. The van der Waals surface area contributed by atoms with Crippen LogP contribution in [0.1, 0.15) is 5.56 Å². The first-order valence-corrected chi connectivity index (χ1v) is 11.5. The van der Waals surface area contributed by atoms with E-state index in [4.69, 9.17) is 16.7 Å². The van der Waals surface area contributed by atoms with E-state index in [1.54, 1.807) is 0 Å². The fourth-order valence-corrected chi connectivity index (χ4v) is 0.906. The lowest BCUT2D eigenvalue weighted by Gasteiger charge is -1.95. The Labute approximate surface area is 114 Å². The van der Waals surface area contributed by atoms with Crippen LogP contribution >= 0.6 is 62.1 Å². The Morgan fingerprint density at radius 3 is 1.93 bits per heavy atom. The van der Waals surface area contributed by atoms with Crippen LogP contribution in [-0.4, -0.2) is 11.7 Å². The van der Waals surface area contributed by atoms with Crippen LogP contribution in [0.25, 0.3) is 0 Å². The van der Waals surface area contributed by atoms with Gasteiger partial charge in [-0.3, -0.25) is 0 Å². The quantitative estimate of drug-likeness (QED) is 0.638. The zero-order valence-electron chi connectivity index (χ0n) is 7.13. The van der Waals surface area contributed by atoms with Gasteiger partial charge in [0.05, 0.1) is 0 Å². The molecule has 14 heavy (non-hydrogen) atoms. The van der Waals surface area contributed by atoms with Gasteiger partial charge in [-0.2, -0.15) is 0 Å². The van der Waals surface area contributed by atoms with Crippen molar-refractivity contribution in [3.8, 4) is 0 Å². The largest absolute Gasteiger partial charge is 0.396 e. The number of hydrogen-bond acceptors (Lipinski definition) is 1. The fraction of sp³-hybridized carbons (Fsp3) is 0.250. The Morgan fingerprint density at radius 1 is 1.14 bits per heavy atom. The molecule has 0 unspecified atom stereocenters. The van der Waals surface area contributed by atoms with Crippen molar-refractivity contribution in [1.29, 1.82) is 0 Å². The van der Waals surface area contributed by atoms with Crippen LogP contribution in [0.3, 0.4) is 0 Å². The minimum absolute atomic E-state index is 0.183. The predicted octanol–water partition coefficient (Wildman–Crippen LogP) is 5.27. The van der Waals surface area contributed by atoms with Crippen molar-refractivity contribution in [2.45, 2.75) is 6.42 Å². The topological polar surface area (TPSA) is 20.2 Å². The van der Waals surface area contributed by atoms with Crippen LogP contribution in [-0.2, 0) is 6.42 Å². The number of aliphatic hydroxyl groups is 1. The Morgan fingerprint density at radius 2 is 1.57 bits per heavy atom. The highest BCUT2D eigenvalue weighted by Crippen LogP contribution is 2.59. The normalized spacial score (nSPS) is 9.57. The maximum absolute atomic E-state index is 8.56. The highest BCUT2D eigenvalue weighted by atomic mass is 80.0. The van der Waals surface area contributed by atoms with E-state index in [2.05, 4.69) is 46.5 Å². The van der Waals surface area contributed by atoms with Gasteiger partial charge in [0.15, 0.2) is 0 Å². The molecule has 0 bridgehead atoms. The van der Waals surface area contributed by atoms with Crippen LogP contribution in [0.4, 0.5) is 0 Å². The molecule has 0 aliphatic carbocycles. The van der Waals surface area contributed by atoms with Gasteiger partial charge in [0.25, 0.3) is 0 Å². The number of hydrogen-bond donors (Lipinski definition) is 1. The highest BCUT2D eigenvalue weighted by Gasteiger charge is 1.89. The summed E-state index contributed by atoms with van der Waals surface area (Å²) in [6.07, 6.45) is 0.706. The van der Waals surface area contributed by atoms with Gasteiger partial charge in [-0.25, -0.2) is 0 Å². The maximum Gasteiger partial charge on any atom is 0.103 e. The minimum Gasteiger partial charge on any atom is -0.396 e. The Kier molecular flexibility index (Phi) is 10.5. The van der Waals surface area contributed by atoms with Gasteiger partial charge in [0.1, 0.15) is 4.03 Å². The molecule has 0 atom stereocenters. The SMILES string of the molecule is BrP(Br)Br.OCCc1ccc(Cl)cc1. The summed E-state index contributed by atoms with van der Waals surface area (Å²) in [6, 6.07) is 7.48. The average molecular weight is 427 g/mol. The molecule has 0 aliphatic rings. The van der Waals surface area contributed by atoms with E-state index >= 15 is 0 Å². The monoisotopic (exact) mass is 424 g/mol. The molecule has 0 aliphatic heterocycles. The molecule has 0 saturated heterocycles. The first-order chi connectivity index (χ1) is 6.56. The van der Waals surface area contributed by atoms with E-state index in [1.807, 2.05) is 24.3 Å². The molecule has 6 heteroatoms. The summed E-state index contributed by atoms with van der Waals surface area (Å²) in [5, 5.41) is 9.29. The van der Waals surface area contributed by atoms with Gasteiger partial charge in [-0.05, 0) is 70.6 Å². The summed E-state index contributed by atoms with van der Waals surface area (Å²) in [7, 11) is 0. The molecule has 1 rings (SSSR count). The average Bonchev–Trinajstić information content (AvgIpc) is 2.08. The molecule has 1 N–H and O–H groups in total. The third kappa shape index (κ3) is 9.88. The van der Waals surface area contributed by atoms with Crippen LogP contribution in [0.2, 0.25) is 5.02 Å². The van der Waals surface area contributed by atoms with Gasteiger partial charge in [-0.1, -0.05) is 23.7 Å². The third-order valence-electron chi connectivity index (χ3n) is 1.31. The molecule has 1 aromatic rings. The minimum atomic E-state index is -0.183. The number of rotatable bonds is 2. The Balaban J connectivity index is 0.000000364. The van der Waals surface area contributed by atoms with Gasteiger partial charge >= 0.3 is 0 Å². The van der Waals surface area contributed by atoms with Gasteiger partial charge < -0.3 is 5.11 Å². The molecule has 0 aromatic heterocycles. The molecule has 0 heterocycles. The lowest BCUT2D eigenvalue weighted by molar-refractivity contribution is 0.299. The predicted molar refractivity (Wildman–Crippen MR) is 75.9 cm³/mol. The fourth-order valence-electron chi connectivity index (χ4n) is 0.780. The lowest BCUT2D eigenvalue weighted by atomic mass is 10.2. The van der Waals surface area contributed by atoms with E-state index in [9.17, 15) is 0 Å². The number of benzene rings is 1. The van der Waals surface area contributed by atoms with E-state index in [0.29, 0.717) is 6.42 Å². The summed E-state index contributed by atoms with van der Waals surface area (Å²) in [5.41, 5.74) is 1.12. The molecule has 0 amide bonds. The zero-order chi connectivity index (χ0) is 11.0. The Bertz CT molecular complexity index is 240. The maximum atomic E-state index is 8.56. The molecule has 0 radical (unpaired) electrons. The summed E-state index contributed by atoms with van der Waals surface area (Å²) in [4.78, 5) is 0. The zero-order valence-corrected chi connectivity index (χ0v) is 13.5. The van der Waals surface area contributed by atoms with E-state index in [0.717, 1.165) is 10.6 Å². The molecule has 0 spiro atoms. The van der Waals surface area contributed by atoms with Crippen LogP contribution < -0.4 is 0 Å². The van der Waals surface area contributed by atoms with E-state index < -0.39 is 0 Å². The summed E-state index contributed by atoms with van der Waals surface area (Å²) >= 11 is 15.2. The van der Waals surface area contributed by atoms with Crippen LogP contribution in [0, 0.1) is 0 Å². The van der Waals surface area contributed by atoms with Gasteiger partial charge in [0, 0.05) is 11.6 Å². The van der Waals surface area contributed by atoms with Gasteiger partial charge in [-0.15, -0.1) is 0 Å². The summed E-state index contributed by atoms with van der Waals surface area (Å²) in [5.74, 6) is 0. The number of aliphatic hydroxyl groups excluding tert-OH is 1. The number of halogens is 4. The third-order valence-corrected chi connectivity index (χ3v) is 1.57. The second kappa shape index (κ2) is 9.56. The molecule has 0 fully saturated rings. The van der Waals surface area contributed by atoms with Crippen molar-refractivity contribution in [3.63, 3.8) is 0 Å². The molecular formula is C8H9Br3ClOP. The molecule has 1 aromatic carbocycles. The van der Waals surface area contributed by atoms with E-state index in [1.165, 1.54) is 0 Å². The van der Waals surface area contributed by atoms with Crippen LogP contribution in [0.5, 0.6) is 0 Å². The van der Waals surface area contributed by atoms with Crippen LogP contribution in [0.15, 0.2) is 24.3 Å². The smallest absolute Gasteiger partial charge is 0.103 e. The second-order valence-corrected chi connectivity index (χ2v) is 18.1. The molecule has 0 saturated carbocycles. The van der Waals surface area contributed by atoms with Crippen molar-refractivity contribution in [2.24, 2.45) is 0 Å². The first-order valence-electron chi connectivity index (χ1n) is 3.69. The van der Waals surface area contributed by atoms with Crippen molar-refractivity contribution in [1.82, 2.24) is 0 Å². The van der Waals surface area contributed by atoms with Gasteiger partial charge in [0.2, 0.25) is 0 Å². The summed E-state index contributed by atoms with van der Waals surface area (Å²) in [6.45, 7) is 0.196. The van der Waals surface area contributed by atoms with E-state index in [-0.39, 0.29) is 10.6 Å². The lowest BCUT2D eigenvalue weighted by Crippen LogP contribution is -1.88. The van der Waals surface area contributed by atoms with Crippen molar-refractivity contribution >= 4 is 62.1 Å². The molecule has 80 valence electrons. The van der Waals surface area contributed by atoms with Crippen molar-refractivity contribution < 1.29 is 5.11 Å².